The number of para-hydroxylation sites is 1. The Labute approximate surface area is 122 Å². The van der Waals surface area contributed by atoms with E-state index in [1.165, 1.54) is 12.1 Å². The highest BCUT2D eigenvalue weighted by Gasteiger charge is 2.15. The lowest BCUT2D eigenvalue weighted by Gasteiger charge is -2.10. The summed E-state index contributed by atoms with van der Waals surface area (Å²) in [5.74, 6) is 0. The van der Waals surface area contributed by atoms with E-state index in [2.05, 4.69) is 9.71 Å². The molecule has 21 heavy (non-hydrogen) atoms. The molecule has 0 unspecified atom stereocenters. The van der Waals surface area contributed by atoms with Gasteiger partial charge in [-0.05, 0) is 36.4 Å². The average Bonchev–Trinajstić information content (AvgIpc) is 2.48. The largest absolute Gasteiger partial charge is 0.399 e. The number of aromatic nitrogens is 1. The minimum atomic E-state index is -3.67. The molecule has 3 N–H and O–H groups in total. The van der Waals surface area contributed by atoms with E-state index in [9.17, 15) is 8.42 Å². The number of nitrogens with one attached hydrogen (secondary N) is 1. The third kappa shape index (κ3) is 2.66. The molecule has 0 aliphatic heterocycles. The van der Waals surface area contributed by atoms with E-state index >= 15 is 0 Å². The fourth-order valence-corrected chi connectivity index (χ4v) is 3.10. The minimum absolute atomic E-state index is 0.157. The van der Waals surface area contributed by atoms with Crippen molar-refractivity contribution in [3.63, 3.8) is 0 Å². The van der Waals surface area contributed by atoms with Crippen molar-refractivity contribution < 1.29 is 8.42 Å². The van der Waals surface area contributed by atoms with Gasteiger partial charge in [0.2, 0.25) is 0 Å². The van der Waals surface area contributed by atoms with E-state index in [1.807, 2.05) is 12.1 Å². The number of anilines is 2. The van der Waals surface area contributed by atoms with Crippen LogP contribution < -0.4 is 10.5 Å². The van der Waals surface area contributed by atoms with Crippen LogP contribution >= 0.6 is 0 Å². The summed E-state index contributed by atoms with van der Waals surface area (Å²) in [7, 11) is -3.67. The summed E-state index contributed by atoms with van der Waals surface area (Å²) in [5, 5.41) is 0.870. The lowest BCUT2D eigenvalue weighted by Crippen LogP contribution is -2.13. The van der Waals surface area contributed by atoms with Gasteiger partial charge < -0.3 is 5.73 Å². The second kappa shape index (κ2) is 5.06. The number of nitrogens with two attached hydrogens (primary N) is 1. The second-order valence-electron chi connectivity index (χ2n) is 4.56. The fraction of sp³-hybridized carbons (Fsp3) is 0. The lowest BCUT2D eigenvalue weighted by molar-refractivity contribution is 0.601. The van der Waals surface area contributed by atoms with Crippen LogP contribution in [0.2, 0.25) is 0 Å². The topological polar surface area (TPSA) is 85.1 Å². The van der Waals surface area contributed by atoms with Crippen LogP contribution in [0.25, 0.3) is 10.9 Å². The van der Waals surface area contributed by atoms with Crippen LogP contribution in [0.4, 0.5) is 11.4 Å². The molecule has 0 spiro atoms. The highest BCUT2D eigenvalue weighted by atomic mass is 32.2. The number of nitrogen functional groups attached to an aromatic ring is 1. The Morgan fingerprint density at radius 1 is 0.952 bits per heavy atom. The van der Waals surface area contributed by atoms with Crippen LogP contribution in [0.15, 0.2) is 65.7 Å². The molecular formula is C15H13N3O2S. The van der Waals surface area contributed by atoms with Crippen LogP contribution in [0.1, 0.15) is 0 Å². The molecule has 1 heterocycles. The number of benzene rings is 2. The maximum absolute atomic E-state index is 12.4. The third-order valence-corrected chi connectivity index (χ3v) is 4.45. The highest BCUT2D eigenvalue weighted by molar-refractivity contribution is 7.92. The van der Waals surface area contributed by atoms with Crippen LogP contribution in [-0.4, -0.2) is 13.4 Å². The van der Waals surface area contributed by atoms with E-state index in [-0.39, 0.29) is 4.90 Å². The van der Waals surface area contributed by atoms with Crippen molar-refractivity contribution in [1.29, 1.82) is 0 Å². The molecule has 0 amide bonds. The zero-order valence-corrected chi connectivity index (χ0v) is 11.8. The molecule has 0 bridgehead atoms. The molecular weight excluding hydrogens is 286 g/mol. The maximum atomic E-state index is 12.4. The summed E-state index contributed by atoms with van der Waals surface area (Å²) in [6, 6.07) is 15.1. The van der Waals surface area contributed by atoms with Gasteiger partial charge in [0.05, 0.1) is 16.1 Å². The van der Waals surface area contributed by atoms with Crippen molar-refractivity contribution >= 4 is 32.3 Å². The van der Waals surface area contributed by atoms with E-state index < -0.39 is 10.0 Å². The summed E-state index contributed by atoms with van der Waals surface area (Å²) in [6.45, 7) is 0. The summed E-state index contributed by atoms with van der Waals surface area (Å²) < 4.78 is 27.3. The first-order valence-corrected chi connectivity index (χ1v) is 7.77. The molecule has 106 valence electrons. The van der Waals surface area contributed by atoms with Crippen molar-refractivity contribution in [3.8, 4) is 0 Å². The zero-order valence-electron chi connectivity index (χ0n) is 11.0. The van der Waals surface area contributed by atoms with Crippen molar-refractivity contribution in [3.05, 3.63) is 60.8 Å². The Kier molecular flexibility index (Phi) is 3.23. The van der Waals surface area contributed by atoms with Gasteiger partial charge in [-0.3, -0.25) is 9.71 Å². The fourth-order valence-electron chi connectivity index (χ4n) is 2.04. The maximum Gasteiger partial charge on any atom is 0.261 e. The molecule has 5 nitrogen and oxygen atoms in total. The van der Waals surface area contributed by atoms with E-state index in [1.54, 1.807) is 36.5 Å². The van der Waals surface area contributed by atoms with Crippen LogP contribution in [0.3, 0.4) is 0 Å². The normalized spacial score (nSPS) is 11.4. The Bertz CT molecular complexity index is 885. The molecule has 0 radical (unpaired) electrons. The monoisotopic (exact) mass is 299 g/mol. The number of hydrogen-bond acceptors (Lipinski definition) is 4. The molecule has 6 heteroatoms. The quantitative estimate of drug-likeness (QED) is 0.728. The predicted octanol–water partition coefficient (Wildman–Crippen LogP) is 2.62. The Morgan fingerprint density at radius 2 is 1.67 bits per heavy atom. The molecule has 3 rings (SSSR count). The van der Waals surface area contributed by atoms with Gasteiger partial charge in [0.15, 0.2) is 0 Å². The molecule has 0 atom stereocenters. The van der Waals surface area contributed by atoms with Gasteiger partial charge >= 0.3 is 0 Å². The number of nitrogens with zero attached hydrogens (tertiary/aromatic N) is 1. The van der Waals surface area contributed by atoms with Crippen molar-refractivity contribution in [1.82, 2.24) is 4.98 Å². The summed E-state index contributed by atoms with van der Waals surface area (Å²) >= 11 is 0. The number of rotatable bonds is 3. The number of fused-ring (bicyclic) bond motifs is 1. The first-order valence-electron chi connectivity index (χ1n) is 6.28. The third-order valence-electron chi connectivity index (χ3n) is 3.07. The highest BCUT2D eigenvalue weighted by Crippen LogP contribution is 2.24. The second-order valence-corrected chi connectivity index (χ2v) is 6.24. The summed E-state index contributed by atoms with van der Waals surface area (Å²) in [6.07, 6.45) is 1.63. The minimum Gasteiger partial charge on any atom is -0.399 e. The van der Waals surface area contributed by atoms with Gasteiger partial charge in [-0.1, -0.05) is 18.2 Å². The van der Waals surface area contributed by atoms with Crippen LogP contribution in [0, 0.1) is 0 Å². The molecule has 0 saturated carbocycles. The molecule has 0 saturated heterocycles. The Morgan fingerprint density at radius 3 is 2.43 bits per heavy atom. The molecule has 1 aromatic heterocycles. The predicted molar refractivity (Wildman–Crippen MR) is 83.4 cm³/mol. The molecule has 0 aliphatic carbocycles. The van der Waals surface area contributed by atoms with Gasteiger partial charge in [0.25, 0.3) is 10.0 Å². The summed E-state index contributed by atoms with van der Waals surface area (Å²) in [5.41, 5.74) is 7.15. The van der Waals surface area contributed by atoms with E-state index in [0.717, 1.165) is 5.39 Å². The molecule has 0 fully saturated rings. The first-order chi connectivity index (χ1) is 10.1. The van der Waals surface area contributed by atoms with Gasteiger partial charge in [-0.25, -0.2) is 8.42 Å². The van der Waals surface area contributed by atoms with Gasteiger partial charge in [0, 0.05) is 17.3 Å². The summed E-state index contributed by atoms with van der Waals surface area (Å²) in [4.78, 5) is 4.38. The Balaban J connectivity index is 2.03. The SMILES string of the molecule is Nc1ccc(S(=O)(=O)Nc2cccc3cccnc23)cc1. The number of sulfonamides is 1. The van der Waals surface area contributed by atoms with Crippen molar-refractivity contribution in [2.24, 2.45) is 0 Å². The first kappa shape index (κ1) is 13.4. The molecule has 2 aromatic carbocycles. The van der Waals surface area contributed by atoms with Crippen molar-refractivity contribution in [2.45, 2.75) is 4.90 Å². The average molecular weight is 299 g/mol. The Hall–Kier alpha value is -2.60. The smallest absolute Gasteiger partial charge is 0.261 e. The van der Waals surface area contributed by atoms with Crippen LogP contribution in [0.5, 0.6) is 0 Å². The lowest BCUT2D eigenvalue weighted by atomic mass is 10.2. The van der Waals surface area contributed by atoms with E-state index in [4.69, 9.17) is 5.73 Å². The van der Waals surface area contributed by atoms with Gasteiger partial charge in [-0.2, -0.15) is 0 Å². The standard InChI is InChI=1S/C15H13N3O2S/c16-12-6-8-13(9-7-12)21(19,20)18-14-5-1-3-11-4-2-10-17-15(11)14/h1-10,18H,16H2. The molecule has 3 aromatic rings. The molecule has 0 aliphatic rings. The van der Waals surface area contributed by atoms with Crippen molar-refractivity contribution in [2.75, 3.05) is 10.5 Å². The van der Waals surface area contributed by atoms with Crippen LogP contribution in [-0.2, 0) is 10.0 Å². The van der Waals surface area contributed by atoms with Gasteiger partial charge in [-0.15, -0.1) is 0 Å². The van der Waals surface area contributed by atoms with Gasteiger partial charge in [0.1, 0.15) is 0 Å². The number of pyridine rings is 1. The zero-order chi connectivity index (χ0) is 14.9. The number of hydrogen-bond donors (Lipinski definition) is 2. The van der Waals surface area contributed by atoms with E-state index in [0.29, 0.717) is 16.9 Å².